The van der Waals surface area contributed by atoms with Crippen LogP contribution in [0.3, 0.4) is 0 Å². The molecule has 1 aliphatic heterocycles. The number of carbonyl (C=O) groups excluding carboxylic acids is 3. The SMILES string of the molecule is O=C1COC(Nc2ccccc2)=C1C(=O)OCC(=O)c1ccc(Cl)s1. The first kappa shape index (κ1) is 17.2. The van der Waals surface area contributed by atoms with E-state index in [4.69, 9.17) is 21.1 Å². The molecule has 2 aromatic rings. The first-order chi connectivity index (χ1) is 12.0. The number of ether oxygens (including phenoxy) is 2. The summed E-state index contributed by atoms with van der Waals surface area (Å²) >= 11 is 6.86. The Morgan fingerprint density at radius 2 is 1.96 bits per heavy atom. The van der Waals surface area contributed by atoms with E-state index in [2.05, 4.69) is 5.32 Å². The van der Waals surface area contributed by atoms with Crippen LogP contribution in [-0.4, -0.2) is 30.7 Å². The molecule has 0 spiro atoms. The molecule has 0 saturated heterocycles. The van der Waals surface area contributed by atoms with Crippen molar-refractivity contribution in [1.82, 2.24) is 0 Å². The first-order valence-electron chi connectivity index (χ1n) is 7.22. The van der Waals surface area contributed by atoms with E-state index in [1.165, 1.54) is 0 Å². The molecule has 25 heavy (non-hydrogen) atoms. The number of ketones is 2. The van der Waals surface area contributed by atoms with E-state index in [0.717, 1.165) is 11.3 Å². The highest BCUT2D eigenvalue weighted by molar-refractivity contribution is 7.18. The minimum Gasteiger partial charge on any atom is -0.470 e. The standard InChI is InChI=1S/C17H12ClNO5S/c18-14-7-6-13(25-14)11(20)8-24-17(22)15-12(21)9-23-16(15)19-10-4-2-1-3-5-10/h1-7,19H,8-9H2. The minimum atomic E-state index is -0.906. The molecule has 8 heteroatoms. The van der Waals surface area contributed by atoms with Gasteiger partial charge >= 0.3 is 5.97 Å². The van der Waals surface area contributed by atoms with Crippen molar-refractivity contribution >= 4 is 46.2 Å². The summed E-state index contributed by atoms with van der Waals surface area (Å²) in [4.78, 5) is 36.4. The number of hydrogen-bond donors (Lipinski definition) is 1. The van der Waals surface area contributed by atoms with Gasteiger partial charge in [-0.05, 0) is 24.3 Å². The van der Waals surface area contributed by atoms with Crippen LogP contribution in [0.25, 0.3) is 0 Å². The highest BCUT2D eigenvalue weighted by atomic mass is 35.5. The molecule has 1 aromatic heterocycles. The monoisotopic (exact) mass is 377 g/mol. The van der Waals surface area contributed by atoms with Crippen molar-refractivity contribution < 1.29 is 23.9 Å². The van der Waals surface area contributed by atoms with Crippen LogP contribution in [0.1, 0.15) is 9.67 Å². The number of hydrogen-bond acceptors (Lipinski definition) is 7. The van der Waals surface area contributed by atoms with Crippen molar-refractivity contribution in [2.75, 3.05) is 18.5 Å². The predicted molar refractivity (Wildman–Crippen MR) is 92.7 cm³/mol. The molecule has 0 atom stereocenters. The summed E-state index contributed by atoms with van der Waals surface area (Å²) in [6.45, 7) is -0.737. The third-order valence-electron chi connectivity index (χ3n) is 3.27. The number of rotatable bonds is 6. The molecular formula is C17H12ClNO5S. The van der Waals surface area contributed by atoms with Gasteiger partial charge in [-0.3, -0.25) is 9.59 Å². The number of carbonyl (C=O) groups is 3. The van der Waals surface area contributed by atoms with Gasteiger partial charge in [0, 0.05) is 5.69 Å². The maximum Gasteiger partial charge on any atom is 0.347 e. The molecule has 6 nitrogen and oxygen atoms in total. The quantitative estimate of drug-likeness (QED) is 0.473. The molecule has 2 heterocycles. The summed E-state index contributed by atoms with van der Waals surface area (Å²) in [7, 11) is 0. The van der Waals surface area contributed by atoms with Gasteiger partial charge in [0.1, 0.15) is 0 Å². The Morgan fingerprint density at radius 1 is 1.20 bits per heavy atom. The highest BCUT2D eigenvalue weighted by Crippen LogP contribution is 2.23. The Labute approximate surface area is 152 Å². The van der Waals surface area contributed by atoms with Crippen LogP contribution in [0.4, 0.5) is 5.69 Å². The van der Waals surface area contributed by atoms with Crippen molar-refractivity contribution in [2.24, 2.45) is 0 Å². The lowest BCUT2D eigenvalue weighted by atomic mass is 10.2. The number of thiophene rings is 1. The zero-order valence-corrected chi connectivity index (χ0v) is 14.4. The summed E-state index contributed by atoms with van der Waals surface area (Å²) in [6.07, 6.45) is 0. The predicted octanol–water partition coefficient (Wildman–Crippen LogP) is 3.05. The molecule has 1 aliphatic rings. The normalized spacial score (nSPS) is 13.6. The molecular weight excluding hydrogens is 366 g/mol. The smallest absolute Gasteiger partial charge is 0.347 e. The summed E-state index contributed by atoms with van der Waals surface area (Å²) in [5, 5.41) is 2.86. The third kappa shape index (κ3) is 4.07. The van der Waals surface area contributed by atoms with Gasteiger partial charge in [0.05, 0.1) is 9.21 Å². The van der Waals surface area contributed by atoms with Crippen LogP contribution in [0.5, 0.6) is 0 Å². The summed E-state index contributed by atoms with van der Waals surface area (Å²) in [5.74, 6) is -1.78. The lowest BCUT2D eigenvalue weighted by Crippen LogP contribution is -2.20. The molecule has 0 radical (unpaired) electrons. The zero-order valence-electron chi connectivity index (χ0n) is 12.8. The van der Waals surface area contributed by atoms with Crippen molar-refractivity contribution in [1.29, 1.82) is 0 Å². The number of benzene rings is 1. The topological polar surface area (TPSA) is 81.7 Å². The van der Waals surface area contributed by atoms with Gasteiger partial charge in [0.2, 0.25) is 17.4 Å². The second kappa shape index (κ2) is 7.50. The number of halogens is 1. The van der Waals surface area contributed by atoms with Crippen LogP contribution in [0, 0.1) is 0 Å². The Balaban J connectivity index is 1.69. The molecule has 3 rings (SSSR count). The second-order valence-electron chi connectivity index (χ2n) is 5.01. The Bertz CT molecular complexity index is 859. The minimum absolute atomic E-state index is 0.0211. The fourth-order valence-corrected chi connectivity index (χ4v) is 3.07. The summed E-state index contributed by atoms with van der Waals surface area (Å²) in [5.41, 5.74) is 0.419. The van der Waals surface area contributed by atoms with E-state index in [0.29, 0.717) is 14.9 Å². The average molecular weight is 378 g/mol. The molecule has 0 aliphatic carbocycles. The fourth-order valence-electron chi connectivity index (χ4n) is 2.10. The van der Waals surface area contributed by atoms with E-state index in [1.54, 1.807) is 36.4 Å². The Kier molecular flexibility index (Phi) is 5.16. The maximum absolute atomic E-state index is 12.2. The highest BCUT2D eigenvalue weighted by Gasteiger charge is 2.33. The van der Waals surface area contributed by atoms with Gasteiger partial charge in [-0.15, -0.1) is 11.3 Å². The number of para-hydroxylation sites is 1. The first-order valence-corrected chi connectivity index (χ1v) is 8.42. The fraction of sp³-hybridized carbons (Fsp3) is 0.118. The van der Waals surface area contributed by atoms with Crippen LogP contribution in [-0.2, 0) is 19.1 Å². The zero-order chi connectivity index (χ0) is 17.8. The largest absolute Gasteiger partial charge is 0.470 e. The molecule has 0 fully saturated rings. The molecule has 0 amide bonds. The van der Waals surface area contributed by atoms with Gasteiger partial charge in [-0.2, -0.15) is 0 Å². The molecule has 1 aromatic carbocycles. The Morgan fingerprint density at radius 3 is 2.64 bits per heavy atom. The van der Waals surface area contributed by atoms with Gasteiger partial charge in [0.25, 0.3) is 0 Å². The van der Waals surface area contributed by atoms with Crippen LogP contribution in [0.15, 0.2) is 53.9 Å². The summed E-state index contributed by atoms with van der Waals surface area (Å²) in [6, 6.07) is 12.1. The van der Waals surface area contributed by atoms with Crippen molar-refractivity contribution in [3.05, 3.63) is 63.1 Å². The number of esters is 1. The van der Waals surface area contributed by atoms with E-state index in [-0.39, 0.29) is 18.1 Å². The summed E-state index contributed by atoms with van der Waals surface area (Å²) < 4.78 is 10.6. The van der Waals surface area contributed by atoms with Crippen molar-refractivity contribution in [2.45, 2.75) is 0 Å². The van der Waals surface area contributed by atoms with Gasteiger partial charge in [-0.1, -0.05) is 29.8 Å². The van der Waals surface area contributed by atoms with E-state index >= 15 is 0 Å². The van der Waals surface area contributed by atoms with E-state index in [1.807, 2.05) is 6.07 Å². The van der Waals surface area contributed by atoms with Crippen LogP contribution in [0.2, 0.25) is 4.34 Å². The lowest BCUT2D eigenvalue weighted by Gasteiger charge is -2.08. The second-order valence-corrected chi connectivity index (χ2v) is 6.73. The third-order valence-corrected chi connectivity index (χ3v) is 4.54. The lowest BCUT2D eigenvalue weighted by molar-refractivity contribution is -0.139. The molecule has 1 N–H and O–H groups in total. The number of Topliss-reactive ketones (excluding diaryl/α,β-unsaturated/α-hetero) is 2. The number of nitrogens with one attached hydrogen (secondary N) is 1. The van der Waals surface area contributed by atoms with Gasteiger partial charge in [-0.25, -0.2) is 4.79 Å². The number of anilines is 1. The Hall–Kier alpha value is -2.64. The average Bonchev–Trinajstić information content (AvgIpc) is 3.19. The molecule has 0 bridgehead atoms. The van der Waals surface area contributed by atoms with Crippen molar-refractivity contribution in [3.63, 3.8) is 0 Å². The maximum atomic E-state index is 12.2. The van der Waals surface area contributed by atoms with Gasteiger partial charge < -0.3 is 14.8 Å². The van der Waals surface area contributed by atoms with Gasteiger partial charge in [0.15, 0.2) is 18.8 Å². The van der Waals surface area contributed by atoms with E-state index < -0.39 is 24.1 Å². The van der Waals surface area contributed by atoms with Crippen LogP contribution < -0.4 is 5.32 Å². The van der Waals surface area contributed by atoms with E-state index in [9.17, 15) is 14.4 Å². The molecule has 128 valence electrons. The molecule has 0 unspecified atom stereocenters. The van der Waals surface area contributed by atoms with Crippen LogP contribution >= 0.6 is 22.9 Å². The molecule has 0 saturated carbocycles. The van der Waals surface area contributed by atoms with Crippen molar-refractivity contribution in [3.8, 4) is 0 Å².